The largest absolute Gasteiger partial charge is 0.425 e. The van der Waals surface area contributed by atoms with Gasteiger partial charge in [0.05, 0.1) is 23.3 Å². The molecule has 0 fully saturated rings. The highest BCUT2D eigenvalue weighted by Crippen LogP contribution is 2.13. The molecule has 8 N–H and O–H groups in total. The molecule has 0 amide bonds. The number of benzene rings is 2. The molecule has 0 atom stereocenters. The van der Waals surface area contributed by atoms with Crippen molar-refractivity contribution in [3.8, 4) is 12.1 Å². The zero-order valence-corrected chi connectivity index (χ0v) is 24.4. The van der Waals surface area contributed by atoms with E-state index in [0.717, 1.165) is 0 Å². The second kappa shape index (κ2) is 18.9. The van der Waals surface area contributed by atoms with Crippen LogP contribution in [-0.2, 0) is 39.2 Å². The van der Waals surface area contributed by atoms with E-state index in [1.165, 1.54) is 0 Å². The highest BCUT2D eigenvalue weighted by atomic mass is 32.3. The molecule has 0 saturated carbocycles. The van der Waals surface area contributed by atoms with Crippen molar-refractivity contribution in [2.24, 2.45) is 10.2 Å². The number of hydrogen-bond acceptors (Lipinski definition) is 16. The summed E-state index contributed by atoms with van der Waals surface area (Å²) in [5, 5.41) is 24.7. The summed E-state index contributed by atoms with van der Waals surface area (Å²) in [7, 11) is -10.0. The van der Waals surface area contributed by atoms with E-state index in [-0.39, 0.29) is 12.3 Å². The third kappa shape index (κ3) is 21.4. The summed E-state index contributed by atoms with van der Waals surface area (Å²) in [5.74, 6) is -1.42. The van der Waals surface area contributed by atoms with Crippen LogP contribution < -0.4 is 12.3 Å². The Hall–Kier alpha value is -4.38. The Labute approximate surface area is 242 Å². The summed E-state index contributed by atoms with van der Waals surface area (Å²) in [5.41, 5.74) is -1.04. The lowest BCUT2D eigenvalue weighted by atomic mass is 10.1. The van der Waals surface area contributed by atoms with Gasteiger partial charge in [0.25, 0.3) is 0 Å². The zero-order chi connectivity index (χ0) is 31.0. The standard InChI is InChI=1S/C14H10O4.C8H12N4.2H3N.H2O8S2/c15-13(11-7-3-1-4-8-11)17-18-14(16)12-9-5-2-6-10-12;1-7(2,5-9)11-12-8(3,4)6-10;;;1-9(2,3)7-8-10(4,5)6/h1-10H;1-4H3;2*1H3;(H,1,2,3)(H,4,5,6). The van der Waals surface area contributed by atoms with Crippen molar-refractivity contribution in [2.45, 2.75) is 38.8 Å². The van der Waals surface area contributed by atoms with Gasteiger partial charge in [-0.05, 0) is 52.0 Å². The molecule has 42 heavy (non-hydrogen) atoms. The Balaban J connectivity index is -0.000000561. The first-order chi connectivity index (χ1) is 18.3. The van der Waals surface area contributed by atoms with Crippen LogP contribution in [0.5, 0.6) is 0 Å². The summed E-state index contributed by atoms with van der Waals surface area (Å²) in [6.07, 6.45) is 0. The predicted molar refractivity (Wildman–Crippen MR) is 143 cm³/mol. The van der Waals surface area contributed by atoms with E-state index in [1.54, 1.807) is 88.4 Å². The lowest BCUT2D eigenvalue weighted by molar-refractivity contribution is -0.187. The van der Waals surface area contributed by atoms with Gasteiger partial charge >= 0.3 is 32.7 Å². The highest BCUT2D eigenvalue weighted by molar-refractivity contribution is 7.83. The first-order valence-electron chi connectivity index (χ1n) is 10.4. The van der Waals surface area contributed by atoms with Crippen LogP contribution in [0.1, 0.15) is 48.4 Å². The van der Waals surface area contributed by atoms with Gasteiger partial charge in [-0.2, -0.15) is 37.6 Å². The van der Waals surface area contributed by atoms with Gasteiger partial charge in [0, 0.05) is 0 Å². The average Bonchev–Trinajstić information content (AvgIpc) is 2.90. The SMILES string of the molecule is CC(C)(C#N)N=NC(C)(C)C#N.N.N.O=C(OOC(=O)c1ccccc1)c1ccccc1.O=S(=O)(O)OOS(=O)(=O)O. The second-order valence-electron chi connectivity index (χ2n) is 8.01. The maximum Gasteiger partial charge on any atom is 0.425 e. The molecule has 0 aromatic heterocycles. The Morgan fingerprint density at radius 3 is 1.14 bits per heavy atom. The third-order valence-corrected chi connectivity index (χ3v) is 4.08. The van der Waals surface area contributed by atoms with E-state index in [1.807, 2.05) is 12.1 Å². The van der Waals surface area contributed by atoms with Crippen molar-refractivity contribution in [3.05, 3.63) is 71.8 Å². The van der Waals surface area contributed by atoms with Crippen LogP contribution >= 0.6 is 0 Å². The third-order valence-electron chi connectivity index (χ3n) is 3.51. The van der Waals surface area contributed by atoms with Gasteiger partial charge in [-0.25, -0.2) is 19.4 Å². The van der Waals surface area contributed by atoms with E-state index < -0.39 is 43.8 Å². The molecular weight excluding hydrogens is 604 g/mol. The Morgan fingerprint density at radius 1 is 0.667 bits per heavy atom. The van der Waals surface area contributed by atoms with Crippen molar-refractivity contribution >= 4 is 32.7 Å². The summed E-state index contributed by atoms with van der Waals surface area (Å²) < 4.78 is 58.9. The molecule has 0 radical (unpaired) electrons. The van der Waals surface area contributed by atoms with Gasteiger partial charge in [0.2, 0.25) is 0 Å². The molecule has 0 bridgehead atoms. The minimum atomic E-state index is -5.02. The van der Waals surface area contributed by atoms with E-state index in [0.29, 0.717) is 11.1 Å². The monoisotopic (exact) mass is 634 g/mol. The van der Waals surface area contributed by atoms with Gasteiger partial charge in [-0.3, -0.25) is 9.11 Å². The fraction of sp³-hybridized carbons (Fsp3) is 0.273. The molecule has 0 saturated heterocycles. The molecule has 2 aromatic rings. The van der Waals surface area contributed by atoms with E-state index in [9.17, 15) is 26.4 Å². The number of rotatable bonds is 7. The minimum Gasteiger partial charge on any atom is -0.344 e. The number of carbonyl (C=O) groups is 2. The number of carbonyl (C=O) groups excluding carboxylic acids is 2. The molecule has 2 rings (SSSR count). The molecule has 0 aliphatic carbocycles. The Kier molecular flexibility index (Phi) is 18.9. The zero-order valence-electron chi connectivity index (χ0n) is 22.8. The first-order valence-corrected chi connectivity index (χ1v) is 13.2. The molecule has 0 unspecified atom stereocenters. The highest BCUT2D eigenvalue weighted by Gasteiger charge is 2.20. The lowest BCUT2D eigenvalue weighted by Gasteiger charge is -2.11. The van der Waals surface area contributed by atoms with Crippen LogP contribution in [0.4, 0.5) is 0 Å². The predicted octanol–water partition coefficient (Wildman–Crippen LogP) is 3.52. The Bertz CT molecular complexity index is 1340. The van der Waals surface area contributed by atoms with Gasteiger partial charge in [-0.15, -0.1) is 0 Å². The fourth-order valence-corrected chi connectivity index (χ4v) is 2.25. The molecule has 0 heterocycles. The summed E-state index contributed by atoms with van der Waals surface area (Å²) in [4.78, 5) is 31.9. The van der Waals surface area contributed by atoms with Crippen LogP contribution in [0.25, 0.3) is 0 Å². The van der Waals surface area contributed by atoms with Gasteiger partial charge in [0.15, 0.2) is 11.1 Å². The van der Waals surface area contributed by atoms with E-state index in [4.69, 9.17) is 19.6 Å². The number of hydrogen-bond donors (Lipinski definition) is 4. The van der Waals surface area contributed by atoms with Crippen LogP contribution in [-0.4, -0.2) is 49.0 Å². The molecule has 232 valence electrons. The smallest absolute Gasteiger partial charge is 0.344 e. The van der Waals surface area contributed by atoms with Gasteiger partial charge < -0.3 is 12.3 Å². The van der Waals surface area contributed by atoms with Gasteiger partial charge in [0.1, 0.15) is 0 Å². The van der Waals surface area contributed by atoms with Crippen molar-refractivity contribution in [3.63, 3.8) is 0 Å². The van der Waals surface area contributed by atoms with Crippen molar-refractivity contribution in [1.29, 1.82) is 10.5 Å². The van der Waals surface area contributed by atoms with Crippen LogP contribution in [0, 0.1) is 22.7 Å². The van der Waals surface area contributed by atoms with Crippen LogP contribution in [0.3, 0.4) is 0 Å². The van der Waals surface area contributed by atoms with Gasteiger partial charge in [-0.1, -0.05) is 45.1 Å². The molecule has 18 nitrogen and oxygen atoms in total. The summed E-state index contributed by atoms with van der Waals surface area (Å²) in [6.45, 7) is 6.57. The first kappa shape index (κ1) is 42.1. The fourth-order valence-electron chi connectivity index (χ4n) is 1.69. The topological polar surface area (TPSA) is 322 Å². The Morgan fingerprint density at radius 2 is 0.929 bits per heavy atom. The van der Waals surface area contributed by atoms with Crippen molar-refractivity contribution in [2.75, 3.05) is 0 Å². The second-order valence-corrected chi connectivity index (χ2v) is 9.99. The maximum atomic E-state index is 11.5. The number of nitriles is 2. The van der Waals surface area contributed by atoms with Crippen LogP contribution in [0.2, 0.25) is 0 Å². The lowest BCUT2D eigenvalue weighted by Crippen LogP contribution is -2.17. The molecule has 2 aromatic carbocycles. The molecule has 0 spiro atoms. The van der Waals surface area contributed by atoms with E-state index >= 15 is 0 Å². The minimum absolute atomic E-state index is 0. The van der Waals surface area contributed by atoms with Crippen molar-refractivity contribution in [1.82, 2.24) is 12.3 Å². The quantitative estimate of drug-likeness (QED) is 0.146. The van der Waals surface area contributed by atoms with E-state index in [2.05, 4.69) is 28.7 Å². The molecular formula is C22H30N6O12S2. The molecule has 20 heteroatoms. The average molecular weight is 635 g/mol. The maximum absolute atomic E-state index is 11.5. The number of nitrogens with zero attached hydrogens (tertiary/aromatic N) is 4. The van der Waals surface area contributed by atoms with Crippen LogP contribution in [0.15, 0.2) is 70.9 Å². The molecule has 0 aliphatic rings. The summed E-state index contributed by atoms with van der Waals surface area (Å²) >= 11 is 0. The number of azo groups is 1. The summed E-state index contributed by atoms with van der Waals surface area (Å²) in [6, 6.07) is 20.5. The molecule has 0 aliphatic heterocycles. The normalized spacial score (nSPS) is 10.9. The van der Waals surface area contributed by atoms with Crippen molar-refractivity contribution < 1.29 is 54.0 Å².